The molecule has 0 aliphatic heterocycles. The van der Waals surface area contributed by atoms with Crippen LogP contribution in [0.3, 0.4) is 0 Å². The molecule has 2 N–H and O–H groups in total. The quantitative estimate of drug-likeness (QED) is 0.516. The van der Waals surface area contributed by atoms with Crippen LogP contribution in [0.4, 0.5) is 5.69 Å². The molecule has 0 unspecified atom stereocenters. The molecule has 0 saturated heterocycles. The summed E-state index contributed by atoms with van der Waals surface area (Å²) in [4.78, 5) is 21.0. The number of H-pyrrole nitrogens is 1. The zero-order valence-electron chi connectivity index (χ0n) is 15.6. The molecule has 0 atom stereocenters. The van der Waals surface area contributed by atoms with E-state index in [0.717, 1.165) is 50.4 Å². The number of aromatic amines is 1. The smallest absolute Gasteiger partial charge is 0.256 e. The second kappa shape index (κ2) is 6.72. The number of rotatable bonds is 3. The average molecular weight is 355 g/mol. The van der Waals surface area contributed by atoms with E-state index in [1.54, 1.807) is 0 Å². The first kappa shape index (κ1) is 17.0. The lowest BCUT2D eigenvalue weighted by Crippen LogP contribution is -2.16. The summed E-state index contributed by atoms with van der Waals surface area (Å²) < 4.78 is 0. The minimum atomic E-state index is -0.103. The molecule has 0 aliphatic rings. The maximum absolute atomic E-state index is 13.0. The molecule has 0 bridgehead atoms. The van der Waals surface area contributed by atoms with Gasteiger partial charge in [0.1, 0.15) is 5.82 Å². The second-order valence-electron chi connectivity index (χ2n) is 6.88. The van der Waals surface area contributed by atoms with Crippen LogP contribution in [0.5, 0.6) is 0 Å². The highest BCUT2D eigenvalue weighted by Crippen LogP contribution is 2.28. The fourth-order valence-electron chi connectivity index (χ4n) is 3.60. The number of nitrogens with one attached hydrogen (secondary N) is 2. The van der Waals surface area contributed by atoms with Crippen molar-refractivity contribution in [1.29, 1.82) is 0 Å². The molecule has 0 fully saturated rings. The first-order valence-corrected chi connectivity index (χ1v) is 8.96. The molecule has 134 valence electrons. The molecule has 0 radical (unpaired) electrons. The van der Waals surface area contributed by atoms with Gasteiger partial charge in [-0.2, -0.15) is 0 Å². The van der Waals surface area contributed by atoms with Gasteiger partial charge in [-0.25, -0.2) is 4.98 Å². The van der Waals surface area contributed by atoms with Crippen molar-refractivity contribution in [1.82, 2.24) is 9.97 Å². The van der Waals surface area contributed by atoms with Gasteiger partial charge < -0.3 is 10.3 Å². The maximum Gasteiger partial charge on any atom is 0.256 e. The summed E-state index contributed by atoms with van der Waals surface area (Å²) in [6.45, 7) is 5.98. The van der Waals surface area contributed by atoms with Gasteiger partial charge in [0.05, 0.1) is 16.7 Å². The standard InChI is InChI=1S/C23H21N3O/c1-14-12-15(2)21(16(3)13-14)23(27)26-18-9-5-4-8-17(18)22-24-19-10-6-7-11-20(19)25-22/h4-13H,1-3H3,(H,24,25)(H,26,27). The summed E-state index contributed by atoms with van der Waals surface area (Å²) in [6, 6.07) is 19.7. The Hall–Kier alpha value is -3.40. The lowest BCUT2D eigenvalue weighted by molar-refractivity contribution is 0.102. The van der Waals surface area contributed by atoms with Crippen molar-refractivity contribution < 1.29 is 4.79 Å². The van der Waals surface area contributed by atoms with Gasteiger partial charge in [0.15, 0.2) is 0 Å². The number of fused-ring (bicyclic) bond motifs is 1. The minimum Gasteiger partial charge on any atom is -0.338 e. The third kappa shape index (κ3) is 3.22. The van der Waals surface area contributed by atoms with E-state index in [2.05, 4.69) is 15.3 Å². The molecular weight excluding hydrogens is 334 g/mol. The van der Waals surface area contributed by atoms with Gasteiger partial charge in [-0.1, -0.05) is 42.0 Å². The summed E-state index contributed by atoms with van der Waals surface area (Å²) in [5.74, 6) is 0.637. The van der Waals surface area contributed by atoms with Gasteiger partial charge in [-0.05, 0) is 56.2 Å². The number of aryl methyl sites for hydroxylation is 3. The molecule has 4 rings (SSSR count). The molecule has 0 spiro atoms. The molecule has 0 aliphatic carbocycles. The zero-order chi connectivity index (χ0) is 19.0. The van der Waals surface area contributed by atoms with Crippen LogP contribution in [-0.2, 0) is 0 Å². The highest BCUT2D eigenvalue weighted by molar-refractivity contribution is 6.08. The minimum absolute atomic E-state index is 0.103. The van der Waals surface area contributed by atoms with Gasteiger partial charge in [0.25, 0.3) is 5.91 Å². The molecule has 1 aromatic heterocycles. The van der Waals surface area contributed by atoms with Crippen molar-refractivity contribution in [3.63, 3.8) is 0 Å². The first-order valence-electron chi connectivity index (χ1n) is 8.96. The highest BCUT2D eigenvalue weighted by atomic mass is 16.1. The number of amides is 1. The second-order valence-corrected chi connectivity index (χ2v) is 6.88. The molecule has 3 aromatic carbocycles. The van der Waals surface area contributed by atoms with Gasteiger partial charge in [0.2, 0.25) is 0 Å². The van der Waals surface area contributed by atoms with Gasteiger partial charge in [-0.15, -0.1) is 0 Å². The molecule has 4 heteroatoms. The lowest BCUT2D eigenvalue weighted by Gasteiger charge is -2.13. The summed E-state index contributed by atoms with van der Waals surface area (Å²) in [5, 5.41) is 3.07. The Morgan fingerprint density at radius 2 is 1.59 bits per heavy atom. The molecule has 4 aromatic rings. The largest absolute Gasteiger partial charge is 0.338 e. The number of carbonyl (C=O) groups excluding carboxylic acids is 1. The van der Waals surface area contributed by atoms with Crippen molar-refractivity contribution in [2.24, 2.45) is 0 Å². The first-order chi connectivity index (χ1) is 13.0. The Bertz CT molecular complexity index is 1100. The summed E-state index contributed by atoms with van der Waals surface area (Å²) in [6.07, 6.45) is 0. The van der Waals surface area contributed by atoms with Gasteiger partial charge in [-0.3, -0.25) is 4.79 Å². The van der Waals surface area contributed by atoms with Crippen LogP contribution in [0.1, 0.15) is 27.0 Å². The van der Waals surface area contributed by atoms with Crippen molar-refractivity contribution in [3.8, 4) is 11.4 Å². The van der Waals surface area contributed by atoms with Crippen molar-refractivity contribution >= 4 is 22.6 Å². The van der Waals surface area contributed by atoms with Crippen LogP contribution in [0.2, 0.25) is 0 Å². The normalized spacial score (nSPS) is 10.9. The van der Waals surface area contributed by atoms with E-state index >= 15 is 0 Å². The number of imidazole rings is 1. The van der Waals surface area contributed by atoms with E-state index in [4.69, 9.17) is 0 Å². The number of benzene rings is 3. The Labute approximate surface area is 158 Å². The van der Waals surface area contributed by atoms with Gasteiger partial charge >= 0.3 is 0 Å². The topological polar surface area (TPSA) is 57.8 Å². The van der Waals surface area contributed by atoms with E-state index < -0.39 is 0 Å². The number of anilines is 1. The predicted octanol–water partition coefficient (Wildman–Crippen LogP) is 5.41. The highest BCUT2D eigenvalue weighted by Gasteiger charge is 2.16. The molecule has 0 saturated carbocycles. The SMILES string of the molecule is Cc1cc(C)c(C(=O)Nc2ccccc2-c2nc3ccccc3[nH]2)c(C)c1. The summed E-state index contributed by atoms with van der Waals surface area (Å²) >= 11 is 0. The molecular formula is C23H21N3O. The molecule has 1 heterocycles. The number of aromatic nitrogens is 2. The third-order valence-electron chi connectivity index (χ3n) is 4.72. The van der Waals surface area contributed by atoms with Crippen LogP contribution < -0.4 is 5.32 Å². The van der Waals surface area contributed by atoms with Crippen LogP contribution in [-0.4, -0.2) is 15.9 Å². The molecule has 1 amide bonds. The Balaban J connectivity index is 1.73. The molecule has 4 nitrogen and oxygen atoms in total. The predicted molar refractivity (Wildman–Crippen MR) is 110 cm³/mol. The Kier molecular flexibility index (Phi) is 4.24. The maximum atomic E-state index is 13.0. The number of nitrogens with zero attached hydrogens (tertiary/aromatic N) is 1. The Morgan fingerprint density at radius 1 is 0.926 bits per heavy atom. The number of para-hydroxylation sites is 3. The van der Waals surface area contributed by atoms with Crippen molar-refractivity contribution in [3.05, 3.63) is 82.9 Å². The van der Waals surface area contributed by atoms with Crippen LogP contribution in [0.15, 0.2) is 60.7 Å². The van der Waals surface area contributed by atoms with Crippen molar-refractivity contribution in [2.75, 3.05) is 5.32 Å². The summed E-state index contributed by atoms with van der Waals surface area (Å²) in [7, 11) is 0. The number of hydrogen-bond acceptors (Lipinski definition) is 2. The number of hydrogen-bond donors (Lipinski definition) is 2. The van der Waals surface area contributed by atoms with E-state index in [0.29, 0.717) is 0 Å². The zero-order valence-corrected chi connectivity index (χ0v) is 15.6. The van der Waals surface area contributed by atoms with Gasteiger partial charge in [0, 0.05) is 11.1 Å². The number of carbonyl (C=O) groups is 1. The van der Waals surface area contributed by atoms with E-state index in [1.165, 1.54) is 0 Å². The van der Waals surface area contributed by atoms with E-state index in [9.17, 15) is 4.79 Å². The van der Waals surface area contributed by atoms with Crippen LogP contribution >= 0.6 is 0 Å². The van der Waals surface area contributed by atoms with Crippen molar-refractivity contribution in [2.45, 2.75) is 20.8 Å². The van der Waals surface area contributed by atoms with Crippen LogP contribution in [0, 0.1) is 20.8 Å². The Morgan fingerprint density at radius 3 is 2.33 bits per heavy atom. The summed E-state index contributed by atoms with van der Waals surface area (Å²) in [5.41, 5.74) is 7.31. The van der Waals surface area contributed by atoms with E-state index in [-0.39, 0.29) is 5.91 Å². The third-order valence-corrected chi connectivity index (χ3v) is 4.72. The average Bonchev–Trinajstić information content (AvgIpc) is 3.05. The van der Waals surface area contributed by atoms with Crippen LogP contribution in [0.25, 0.3) is 22.4 Å². The fraction of sp³-hybridized carbons (Fsp3) is 0.130. The monoisotopic (exact) mass is 355 g/mol. The lowest BCUT2D eigenvalue weighted by atomic mass is 9.99. The van der Waals surface area contributed by atoms with E-state index in [1.807, 2.05) is 81.4 Å². The fourth-order valence-corrected chi connectivity index (χ4v) is 3.60. The molecule has 27 heavy (non-hydrogen) atoms.